The van der Waals surface area contributed by atoms with Crippen LogP contribution in [-0.4, -0.2) is 57.2 Å². The molecule has 0 aromatic heterocycles. The molecule has 0 spiro atoms. The van der Waals surface area contributed by atoms with E-state index in [1.807, 2.05) is 48.5 Å². The maximum absolute atomic E-state index is 13.0. The van der Waals surface area contributed by atoms with Gasteiger partial charge in [-0.1, -0.05) is 61.7 Å². The molecule has 184 valence electrons. The molecule has 1 N–H and O–H groups in total. The summed E-state index contributed by atoms with van der Waals surface area (Å²) in [4.78, 5) is 17.9. The number of carbonyl (C=O) groups is 1. The molecular weight excluding hydrogens is 458 g/mol. The summed E-state index contributed by atoms with van der Waals surface area (Å²) in [7, 11) is -3.76. The fraction of sp³-hybridized carbons (Fsp3) is 0.393. The molecule has 1 amide bonds. The Balaban J connectivity index is 1.24. The van der Waals surface area contributed by atoms with Crippen molar-refractivity contribution in [3.05, 3.63) is 66.7 Å². The Kier molecular flexibility index (Phi) is 7.07. The zero-order valence-corrected chi connectivity index (χ0v) is 20.8. The summed E-state index contributed by atoms with van der Waals surface area (Å²) in [5.41, 5.74) is 1.62. The first-order chi connectivity index (χ1) is 17.0. The highest BCUT2D eigenvalue weighted by atomic mass is 32.2. The Bertz CT molecular complexity index is 1290. The molecule has 35 heavy (non-hydrogen) atoms. The van der Waals surface area contributed by atoms with Crippen LogP contribution in [0.2, 0.25) is 0 Å². The number of nitrogens with one attached hydrogen (secondary N) is 1. The molecule has 0 bridgehead atoms. The first kappa shape index (κ1) is 23.8. The van der Waals surface area contributed by atoms with Crippen LogP contribution >= 0.6 is 0 Å². The Morgan fingerprint density at radius 3 is 2.29 bits per heavy atom. The van der Waals surface area contributed by atoms with Crippen molar-refractivity contribution in [3.8, 4) is 0 Å². The number of carbonyl (C=O) groups excluding carboxylic acids is 1. The summed E-state index contributed by atoms with van der Waals surface area (Å²) in [5.74, 6) is -1.11. The van der Waals surface area contributed by atoms with Gasteiger partial charge in [0.1, 0.15) is 5.75 Å². The summed E-state index contributed by atoms with van der Waals surface area (Å²) in [6.07, 6.45) is 6.64. The first-order valence-corrected chi connectivity index (χ1v) is 14.2. The van der Waals surface area contributed by atoms with Crippen molar-refractivity contribution in [2.75, 3.05) is 42.1 Å². The van der Waals surface area contributed by atoms with Gasteiger partial charge >= 0.3 is 0 Å². The first-order valence-electron chi connectivity index (χ1n) is 12.6. The van der Waals surface area contributed by atoms with Gasteiger partial charge in [-0.05, 0) is 47.9 Å². The molecule has 6 nitrogen and oxygen atoms in total. The third kappa shape index (κ3) is 5.52. The van der Waals surface area contributed by atoms with E-state index < -0.39 is 21.5 Å². The Morgan fingerprint density at radius 1 is 0.829 bits per heavy atom. The predicted octanol–water partition coefficient (Wildman–Crippen LogP) is 4.71. The van der Waals surface area contributed by atoms with E-state index >= 15 is 0 Å². The van der Waals surface area contributed by atoms with Gasteiger partial charge in [-0.3, -0.25) is 9.69 Å². The highest BCUT2D eigenvalue weighted by Gasteiger charge is 2.26. The summed E-state index contributed by atoms with van der Waals surface area (Å²) >= 11 is 0. The van der Waals surface area contributed by atoms with Crippen LogP contribution in [0.15, 0.2) is 71.6 Å². The van der Waals surface area contributed by atoms with Gasteiger partial charge in [-0.2, -0.15) is 0 Å². The van der Waals surface area contributed by atoms with Crippen LogP contribution in [0.1, 0.15) is 32.1 Å². The number of sulfone groups is 1. The van der Waals surface area contributed by atoms with E-state index in [1.54, 1.807) is 18.2 Å². The summed E-state index contributed by atoms with van der Waals surface area (Å²) in [6.45, 7) is 3.84. The molecule has 0 radical (unpaired) electrons. The zero-order valence-electron chi connectivity index (χ0n) is 20.0. The Morgan fingerprint density at radius 2 is 1.51 bits per heavy atom. The molecule has 1 heterocycles. The summed E-state index contributed by atoms with van der Waals surface area (Å²) in [6, 6.07) is 21.0. The van der Waals surface area contributed by atoms with Crippen molar-refractivity contribution in [1.82, 2.24) is 4.90 Å². The molecule has 7 heteroatoms. The van der Waals surface area contributed by atoms with Crippen molar-refractivity contribution in [2.45, 2.75) is 43.0 Å². The van der Waals surface area contributed by atoms with Crippen LogP contribution in [-0.2, 0) is 14.6 Å². The third-order valence-electron chi connectivity index (χ3n) is 7.33. The monoisotopic (exact) mass is 491 g/mol. The van der Waals surface area contributed by atoms with Gasteiger partial charge in [-0.15, -0.1) is 0 Å². The van der Waals surface area contributed by atoms with Crippen molar-refractivity contribution >= 4 is 37.9 Å². The lowest BCUT2D eigenvalue weighted by Crippen LogP contribution is -2.51. The average Bonchev–Trinajstić information content (AvgIpc) is 2.89. The maximum Gasteiger partial charge on any atom is 0.240 e. The van der Waals surface area contributed by atoms with Gasteiger partial charge in [0.25, 0.3) is 0 Å². The normalized spacial score (nSPS) is 18.0. The van der Waals surface area contributed by atoms with E-state index in [2.05, 4.69) is 15.1 Å². The van der Waals surface area contributed by atoms with Crippen LogP contribution in [0, 0.1) is 0 Å². The smallest absolute Gasteiger partial charge is 0.240 e. The predicted molar refractivity (Wildman–Crippen MR) is 142 cm³/mol. The van der Waals surface area contributed by atoms with Crippen LogP contribution in [0.25, 0.3) is 10.8 Å². The number of anilines is 2. The van der Waals surface area contributed by atoms with Crippen LogP contribution in [0.5, 0.6) is 0 Å². The molecule has 5 rings (SSSR count). The largest absolute Gasteiger partial charge is 0.367 e. The molecule has 1 aliphatic carbocycles. The number of fused-ring (bicyclic) bond motifs is 1. The number of rotatable bonds is 6. The lowest BCUT2D eigenvalue weighted by molar-refractivity contribution is -0.113. The standard InChI is InChI=1S/C28H33N3O3S/c32-28(21-35(33,34)25-15-14-22-8-4-5-9-23(22)20-25)29-26-12-6-7-13-27(26)31-18-16-30(17-19-31)24-10-2-1-3-11-24/h4-9,12-15,20,24H,1-3,10-11,16-19,21H2,(H,29,32). The van der Waals surface area contributed by atoms with Gasteiger partial charge in [0.15, 0.2) is 9.84 Å². The minimum absolute atomic E-state index is 0.165. The quantitative estimate of drug-likeness (QED) is 0.541. The van der Waals surface area contributed by atoms with E-state index in [4.69, 9.17) is 0 Å². The van der Waals surface area contributed by atoms with E-state index in [9.17, 15) is 13.2 Å². The lowest BCUT2D eigenvalue weighted by atomic mass is 9.94. The van der Waals surface area contributed by atoms with E-state index in [1.165, 1.54) is 32.1 Å². The van der Waals surface area contributed by atoms with Crippen LogP contribution in [0.3, 0.4) is 0 Å². The second-order valence-corrected chi connectivity index (χ2v) is 11.6. The van der Waals surface area contributed by atoms with Gasteiger partial charge < -0.3 is 10.2 Å². The Hall–Kier alpha value is -2.90. The number of piperazine rings is 1. The third-order valence-corrected chi connectivity index (χ3v) is 8.94. The molecule has 3 aromatic carbocycles. The molecule has 1 saturated carbocycles. The van der Waals surface area contributed by atoms with Crippen molar-refractivity contribution in [2.24, 2.45) is 0 Å². The van der Waals surface area contributed by atoms with E-state index in [0.717, 1.165) is 42.6 Å². The number of hydrogen-bond donors (Lipinski definition) is 1. The molecule has 1 aliphatic heterocycles. The lowest BCUT2D eigenvalue weighted by Gasteiger charge is -2.42. The molecule has 0 atom stereocenters. The van der Waals surface area contributed by atoms with Crippen LogP contribution < -0.4 is 10.2 Å². The summed E-state index contributed by atoms with van der Waals surface area (Å²) < 4.78 is 25.9. The van der Waals surface area contributed by atoms with Crippen molar-refractivity contribution in [3.63, 3.8) is 0 Å². The topological polar surface area (TPSA) is 69.7 Å². The highest BCUT2D eigenvalue weighted by molar-refractivity contribution is 7.92. The minimum Gasteiger partial charge on any atom is -0.367 e. The second-order valence-electron chi connectivity index (χ2n) is 9.65. The fourth-order valence-corrected chi connectivity index (χ4v) is 6.60. The van der Waals surface area contributed by atoms with Gasteiger partial charge in [0.2, 0.25) is 5.91 Å². The van der Waals surface area contributed by atoms with E-state index in [-0.39, 0.29) is 4.90 Å². The van der Waals surface area contributed by atoms with E-state index in [0.29, 0.717) is 11.7 Å². The SMILES string of the molecule is O=C(CS(=O)(=O)c1ccc2ccccc2c1)Nc1ccccc1N1CCN(C2CCCCC2)CC1. The molecule has 1 saturated heterocycles. The number of amides is 1. The zero-order chi connectivity index (χ0) is 24.3. The van der Waals surface area contributed by atoms with Gasteiger partial charge in [0.05, 0.1) is 16.3 Å². The molecule has 2 aliphatic rings. The fourth-order valence-electron chi connectivity index (χ4n) is 5.43. The van der Waals surface area contributed by atoms with Crippen molar-refractivity contribution in [1.29, 1.82) is 0 Å². The minimum atomic E-state index is -3.76. The van der Waals surface area contributed by atoms with Gasteiger partial charge in [0, 0.05) is 32.2 Å². The summed E-state index contributed by atoms with van der Waals surface area (Å²) in [5, 5.41) is 4.68. The maximum atomic E-state index is 13.0. The average molecular weight is 492 g/mol. The highest BCUT2D eigenvalue weighted by Crippen LogP contribution is 2.29. The molecule has 0 unspecified atom stereocenters. The number of hydrogen-bond acceptors (Lipinski definition) is 5. The van der Waals surface area contributed by atoms with Crippen LogP contribution in [0.4, 0.5) is 11.4 Å². The number of benzene rings is 3. The second kappa shape index (κ2) is 10.4. The molecule has 3 aromatic rings. The molecule has 2 fully saturated rings. The number of nitrogens with zero attached hydrogens (tertiary/aromatic N) is 2. The Labute approximate surface area is 207 Å². The molecular formula is C28H33N3O3S. The van der Waals surface area contributed by atoms with Crippen molar-refractivity contribution < 1.29 is 13.2 Å². The van der Waals surface area contributed by atoms with Gasteiger partial charge in [-0.25, -0.2) is 8.42 Å². The number of para-hydroxylation sites is 2.